The number of nitrogens with one attached hydrogen (secondary N) is 2. The fraction of sp³-hybridized carbons (Fsp3) is 0.333. The lowest BCUT2D eigenvalue weighted by atomic mass is 10.4. The number of rotatable bonds is 6. The smallest absolute Gasteiger partial charge is 0.242 e. The molecule has 6 nitrogen and oxygen atoms in total. The summed E-state index contributed by atoms with van der Waals surface area (Å²) < 4.78 is 26.9. The molecule has 2 aromatic rings. The van der Waals surface area contributed by atoms with E-state index in [1.807, 2.05) is 6.92 Å². The van der Waals surface area contributed by atoms with E-state index in [-0.39, 0.29) is 16.5 Å². The highest BCUT2D eigenvalue weighted by atomic mass is 35.5. The molecular formula is C12H15ClN4O2S2. The van der Waals surface area contributed by atoms with E-state index in [1.54, 1.807) is 13.2 Å². The largest absolute Gasteiger partial charge is 0.372 e. The average molecular weight is 347 g/mol. The van der Waals surface area contributed by atoms with Crippen molar-refractivity contribution in [1.29, 1.82) is 0 Å². The molecule has 21 heavy (non-hydrogen) atoms. The summed E-state index contributed by atoms with van der Waals surface area (Å²) in [5.41, 5.74) is 0. The molecule has 0 aromatic carbocycles. The number of halogens is 1. The minimum atomic E-state index is -3.66. The van der Waals surface area contributed by atoms with E-state index >= 15 is 0 Å². The van der Waals surface area contributed by atoms with Crippen molar-refractivity contribution in [2.45, 2.75) is 24.8 Å². The second-order valence-electron chi connectivity index (χ2n) is 4.15. The Kier molecular flexibility index (Phi) is 5.15. The zero-order valence-corrected chi connectivity index (χ0v) is 13.9. The standard InChI is InChI=1S/C12H15ClN4O2S2/c1-3-8-5-15-11(20-8)7-17-21(18,19)9-4-10(13)12(14-2)16-6-9/h4-6,17H,3,7H2,1-2H3,(H,14,16). The third kappa shape index (κ3) is 3.91. The molecule has 9 heteroatoms. The predicted octanol–water partition coefficient (Wildman–Crippen LogP) is 2.27. The maximum Gasteiger partial charge on any atom is 0.242 e. The van der Waals surface area contributed by atoms with Crippen LogP contribution in [0.15, 0.2) is 23.4 Å². The monoisotopic (exact) mass is 346 g/mol. The minimum absolute atomic E-state index is 0.0266. The molecule has 2 rings (SSSR count). The van der Waals surface area contributed by atoms with E-state index in [4.69, 9.17) is 11.6 Å². The van der Waals surface area contributed by atoms with Crippen molar-refractivity contribution in [2.75, 3.05) is 12.4 Å². The van der Waals surface area contributed by atoms with Gasteiger partial charge in [0.05, 0.1) is 11.6 Å². The molecule has 0 saturated heterocycles. The van der Waals surface area contributed by atoms with Crippen LogP contribution in [0.3, 0.4) is 0 Å². The van der Waals surface area contributed by atoms with Gasteiger partial charge in [-0.3, -0.25) is 0 Å². The molecular weight excluding hydrogens is 332 g/mol. The van der Waals surface area contributed by atoms with Crippen molar-refractivity contribution in [3.8, 4) is 0 Å². The SMILES string of the molecule is CCc1cnc(CNS(=O)(=O)c2cnc(NC)c(Cl)c2)s1. The highest BCUT2D eigenvalue weighted by Gasteiger charge is 2.17. The van der Waals surface area contributed by atoms with Crippen LogP contribution in [0.2, 0.25) is 5.02 Å². The topological polar surface area (TPSA) is 84.0 Å². The van der Waals surface area contributed by atoms with Gasteiger partial charge in [-0.15, -0.1) is 11.3 Å². The lowest BCUT2D eigenvalue weighted by Gasteiger charge is -2.07. The van der Waals surface area contributed by atoms with Gasteiger partial charge >= 0.3 is 0 Å². The van der Waals surface area contributed by atoms with Gasteiger partial charge in [-0.05, 0) is 12.5 Å². The van der Waals surface area contributed by atoms with Crippen LogP contribution in [0.1, 0.15) is 16.8 Å². The Bertz CT molecular complexity index is 731. The first kappa shape index (κ1) is 16.2. The Hall–Kier alpha value is -1.22. The summed E-state index contributed by atoms with van der Waals surface area (Å²) in [5.74, 6) is 0.433. The zero-order valence-electron chi connectivity index (χ0n) is 11.6. The number of thiazole rings is 1. The maximum atomic E-state index is 12.2. The van der Waals surface area contributed by atoms with Crippen molar-refractivity contribution in [2.24, 2.45) is 0 Å². The van der Waals surface area contributed by atoms with Gasteiger partial charge in [0.15, 0.2) is 0 Å². The van der Waals surface area contributed by atoms with Crippen LogP contribution < -0.4 is 10.0 Å². The normalized spacial score (nSPS) is 11.6. The fourth-order valence-corrected chi connectivity index (χ4v) is 3.76. The summed E-state index contributed by atoms with van der Waals surface area (Å²) in [5, 5.41) is 3.75. The van der Waals surface area contributed by atoms with E-state index in [0.717, 1.165) is 16.3 Å². The number of sulfonamides is 1. The molecule has 0 saturated carbocycles. The Balaban J connectivity index is 2.12. The zero-order chi connectivity index (χ0) is 15.5. The number of pyridine rings is 1. The Morgan fingerprint density at radius 1 is 1.33 bits per heavy atom. The quantitative estimate of drug-likeness (QED) is 0.838. The van der Waals surface area contributed by atoms with Gasteiger partial charge in [0, 0.05) is 24.3 Å². The van der Waals surface area contributed by atoms with Crippen molar-refractivity contribution >= 4 is 38.8 Å². The Labute approximate surface area is 132 Å². The molecule has 0 aliphatic heterocycles. The van der Waals surface area contributed by atoms with Gasteiger partial charge in [-0.1, -0.05) is 18.5 Å². The number of aromatic nitrogens is 2. The molecule has 0 atom stereocenters. The Morgan fingerprint density at radius 3 is 2.67 bits per heavy atom. The van der Waals surface area contributed by atoms with E-state index in [9.17, 15) is 8.42 Å². The third-order valence-corrected chi connectivity index (χ3v) is 5.52. The van der Waals surface area contributed by atoms with Gasteiger partial charge in [0.2, 0.25) is 10.0 Å². The van der Waals surface area contributed by atoms with Crippen molar-refractivity contribution in [3.05, 3.63) is 33.4 Å². The summed E-state index contributed by atoms with van der Waals surface area (Å²) in [6.45, 7) is 2.18. The van der Waals surface area contributed by atoms with Gasteiger partial charge in [-0.25, -0.2) is 23.1 Å². The van der Waals surface area contributed by atoms with Crippen LogP contribution in [0, 0.1) is 0 Å². The highest BCUT2D eigenvalue weighted by molar-refractivity contribution is 7.89. The van der Waals surface area contributed by atoms with Gasteiger partial charge in [-0.2, -0.15) is 0 Å². The minimum Gasteiger partial charge on any atom is -0.372 e. The number of nitrogens with zero attached hydrogens (tertiary/aromatic N) is 2. The molecule has 2 aromatic heterocycles. The van der Waals surface area contributed by atoms with Crippen LogP contribution in [-0.2, 0) is 23.0 Å². The molecule has 0 aliphatic rings. The van der Waals surface area contributed by atoms with Gasteiger partial charge in [0.1, 0.15) is 15.7 Å². The van der Waals surface area contributed by atoms with Crippen molar-refractivity contribution < 1.29 is 8.42 Å². The van der Waals surface area contributed by atoms with E-state index < -0.39 is 10.0 Å². The highest BCUT2D eigenvalue weighted by Crippen LogP contribution is 2.22. The number of anilines is 1. The van der Waals surface area contributed by atoms with Gasteiger partial charge < -0.3 is 5.32 Å². The second kappa shape index (κ2) is 6.69. The molecule has 0 amide bonds. The van der Waals surface area contributed by atoms with Crippen molar-refractivity contribution in [1.82, 2.24) is 14.7 Å². The first-order chi connectivity index (χ1) is 9.96. The molecule has 0 bridgehead atoms. The summed E-state index contributed by atoms with van der Waals surface area (Å²) in [6.07, 6.45) is 3.91. The lowest BCUT2D eigenvalue weighted by Crippen LogP contribution is -2.23. The van der Waals surface area contributed by atoms with E-state index in [2.05, 4.69) is 20.0 Å². The molecule has 0 aliphatic carbocycles. The first-order valence-corrected chi connectivity index (χ1v) is 8.90. The molecule has 0 radical (unpaired) electrons. The van der Waals surface area contributed by atoms with Crippen molar-refractivity contribution in [3.63, 3.8) is 0 Å². The summed E-state index contributed by atoms with van der Waals surface area (Å²) in [4.78, 5) is 9.27. The summed E-state index contributed by atoms with van der Waals surface area (Å²) >= 11 is 7.44. The molecule has 0 spiro atoms. The molecule has 0 fully saturated rings. The number of hydrogen-bond acceptors (Lipinski definition) is 6. The predicted molar refractivity (Wildman–Crippen MR) is 84.3 cm³/mol. The first-order valence-electron chi connectivity index (χ1n) is 6.22. The van der Waals surface area contributed by atoms with Crippen LogP contribution in [0.4, 0.5) is 5.82 Å². The summed E-state index contributed by atoms with van der Waals surface area (Å²) in [6, 6.07) is 1.36. The van der Waals surface area contributed by atoms with Gasteiger partial charge in [0.25, 0.3) is 0 Å². The van der Waals surface area contributed by atoms with Crippen LogP contribution in [-0.4, -0.2) is 25.4 Å². The molecule has 114 valence electrons. The van der Waals surface area contributed by atoms with E-state index in [1.165, 1.54) is 23.6 Å². The maximum absolute atomic E-state index is 12.2. The van der Waals surface area contributed by atoms with Crippen LogP contribution >= 0.6 is 22.9 Å². The number of hydrogen-bond donors (Lipinski definition) is 2. The number of aryl methyl sites for hydroxylation is 1. The molecule has 0 unspecified atom stereocenters. The third-order valence-electron chi connectivity index (χ3n) is 2.73. The second-order valence-corrected chi connectivity index (χ2v) is 7.52. The lowest BCUT2D eigenvalue weighted by molar-refractivity contribution is 0.580. The summed E-state index contributed by atoms with van der Waals surface area (Å²) in [7, 11) is -2.00. The van der Waals surface area contributed by atoms with E-state index in [0.29, 0.717) is 5.82 Å². The fourth-order valence-electron chi connectivity index (χ4n) is 1.58. The van der Waals surface area contributed by atoms with Crippen LogP contribution in [0.5, 0.6) is 0 Å². The van der Waals surface area contributed by atoms with Crippen LogP contribution in [0.25, 0.3) is 0 Å². The Morgan fingerprint density at radius 2 is 2.10 bits per heavy atom. The molecule has 2 heterocycles. The average Bonchev–Trinajstić information content (AvgIpc) is 2.93. The molecule has 2 N–H and O–H groups in total.